The highest BCUT2D eigenvalue weighted by molar-refractivity contribution is 7.87. The van der Waals surface area contributed by atoms with Crippen molar-refractivity contribution >= 4 is 15.9 Å². The zero-order chi connectivity index (χ0) is 18.1. The summed E-state index contributed by atoms with van der Waals surface area (Å²) in [4.78, 5) is 34.5. The van der Waals surface area contributed by atoms with Crippen molar-refractivity contribution in [2.24, 2.45) is 14.1 Å². The van der Waals surface area contributed by atoms with Crippen LogP contribution in [0, 0.1) is 0 Å². The topological polar surface area (TPSA) is 104 Å². The largest absolute Gasteiger partial charge is 0.379 e. The minimum Gasteiger partial charge on any atom is -0.379 e. The van der Waals surface area contributed by atoms with Gasteiger partial charge in [-0.2, -0.15) is 8.42 Å². The molecule has 0 saturated carbocycles. The highest BCUT2D eigenvalue weighted by Crippen LogP contribution is 2.18. The minimum absolute atomic E-state index is 0.0430. The van der Waals surface area contributed by atoms with Gasteiger partial charge in [-0.25, -0.2) is 4.79 Å². The van der Waals surface area contributed by atoms with Gasteiger partial charge in [0.2, 0.25) is 0 Å². The lowest BCUT2D eigenvalue weighted by atomic mass is 10.1. The summed E-state index contributed by atoms with van der Waals surface area (Å²) in [7, 11) is -1.92. The molecule has 0 N–H and O–H groups in total. The van der Waals surface area contributed by atoms with Gasteiger partial charge in [-0.05, 0) is 24.3 Å². The summed E-state index contributed by atoms with van der Waals surface area (Å²) in [6, 6.07) is 5.53. The number of nitrogens with zero attached hydrogens (tertiary/aromatic N) is 2. The Balaban J connectivity index is 2.41. The van der Waals surface area contributed by atoms with E-state index in [0.29, 0.717) is 16.6 Å². The Kier molecular flexibility index (Phi) is 4.74. The molecular formula is C15H16N2O6S. The molecular weight excluding hydrogens is 336 g/mol. The summed E-state index contributed by atoms with van der Waals surface area (Å²) in [5.74, 6) is -0.130. The molecule has 24 heavy (non-hydrogen) atoms. The van der Waals surface area contributed by atoms with Crippen molar-refractivity contribution in [3.63, 3.8) is 0 Å². The average Bonchev–Trinajstić information content (AvgIpc) is 2.55. The van der Waals surface area contributed by atoms with Gasteiger partial charge in [-0.1, -0.05) is 6.92 Å². The molecule has 0 atom stereocenters. The second kappa shape index (κ2) is 6.44. The fraction of sp³-hybridized carbons (Fsp3) is 0.267. The van der Waals surface area contributed by atoms with Gasteiger partial charge in [0, 0.05) is 32.3 Å². The molecule has 0 aliphatic carbocycles. The molecule has 0 saturated heterocycles. The molecule has 0 radical (unpaired) electrons. The van der Waals surface area contributed by atoms with Crippen LogP contribution in [0.5, 0.6) is 5.75 Å². The predicted octanol–water partition coefficient (Wildman–Crippen LogP) is 0.444. The van der Waals surface area contributed by atoms with Gasteiger partial charge in [0.1, 0.15) is 5.75 Å². The van der Waals surface area contributed by atoms with E-state index in [9.17, 15) is 22.8 Å². The summed E-state index contributed by atoms with van der Waals surface area (Å²) in [6.07, 6.45) is 1.24. The van der Waals surface area contributed by atoms with E-state index < -0.39 is 26.3 Å². The lowest BCUT2D eigenvalue weighted by molar-refractivity contribution is 0.0988. The number of rotatable bonds is 5. The molecule has 0 bridgehead atoms. The van der Waals surface area contributed by atoms with Crippen molar-refractivity contribution in [1.82, 2.24) is 9.13 Å². The first-order chi connectivity index (χ1) is 11.2. The predicted molar refractivity (Wildman–Crippen MR) is 85.8 cm³/mol. The van der Waals surface area contributed by atoms with Gasteiger partial charge in [0.05, 0.1) is 0 Å². The summed E-state index contributed by atoms with van der Waals surface area (Å²) in [5, 5.41) is 0. The van der Waals surface area contributed by atoms with Crippen LogP contribution in [0.25, 0.3) is 0 Å². The number of carbonyl (C=O) groups is 1. The van der Waals surface area contributed by atoms with E-state index in [2.05, 4.69) is 0 Å². The Morgan fingerprint density at radius 1 is 1.12 bits per heavy atom. The van der Waals surface area contributed by atoms with E-state index in [1.807, 2.05) is 0 Å². The van der Waals surface area contributed by atoms with Crippen molar-refractivity contribution in [3.8, 4) is 5.75 Å². The standard InChI is InChI=1S/C15H16N2O6S/c1-4-12(18)10-5-7-11(8-6-10)23-24(21,22)13-9-16(2)15(20)17(3)14(13)19/h5-9H,4H2,1-3H3. The third-order valence-electron chi connectivity index (χ3n) is 3.39. The summed E-state index contributed by atoms with van der Waals surface area (Å²) in [6.45, 7) is 1.71. The van der Waals surface area contributed by atoms with Gasteiger partial charge in [0.25, 0.3) is 5.56 Å². The van der Waals surface area contributed by atoms with E-state index in [4.69, 9.17) is 4.18 Å². The number of aromatic nitrogens is 2. The molecule has 1 aromatic carbocycles. The number of hydrogen-bond donors (Lipinski definition) is 0. The zero-order valence-electron chi connectivity index (χ0n) is 13.3. The minimum atomic E-state index is -4.42. The third-order valence-corrected chi connectivity index (χ3v) is 4.62. The average molecular weight is 352 g/mol. The van der Waals surface area contributed by atoms with Crippen LogP contribution in [0.1, 0.15) is 23.7 Å². The first-order valence-corrected chi connectivity index (χ1v) is 8.42. The molecule has 0 aliphatic heterocycles. The molecule has 0 amide bonds. The molecule has 2 aromatic rings. The molecule has 2 rings (SSSR count). The number of aryl methyl sites for hydroxylation is 1. The van der Waals surface area contributed by atoms with Crippen LogP contribution in [0.4, 0.5) is 0 Å². The molecule has 0 unspecified atom stereocenters. The Labute approximate surface area is 138 Å². The van der Waals surface area contributed by atoms with Gasteiger partial charge >= 0.3 is 15.8 Å². The summed E-state index contributed by atoms with van der Waals surface area (Å²) in [5.41, 5.74) is -1.20. The van der Waals surface area contributed by atoms with Crippen molar-refractivity contribution in [3.05, 3.63) is 56.9 Å². The first-order valence-electron chi connectivity index (χ1n) is 7.01. The zero-order valence-corrected chi connectivity index (χ0v) is 14.2. The van der Waals surface area contributed by atoms with Crippen LogP contribution in [0.2, 0.25) is 0 Å². The Morgan fingerprint density at radius 3 is 2.25 bits per heavy atom. The van der Waals surface area contributed by atoms with Crippen LogP contribution in [0.15, 0.2) is 44.9 Å². The Hall–Kier alpha value is -2.68. The highest BCUT2D eigenvalue weighted by atomic mass is 32.2. The van der Waals surface area contributed by atoms with Gasteiger partial charge < -0.3 is 8.75 Å². The molecule has 8 nitrogen and oxygen atoms in total. The lowest BCUT2D eigenvalue weighted by Crippen LogP contribution is -2.39. The highest BCUT2D eigenvalue weighted by Gasteiger charge is 2.23. The van der Waals surface area contributed by atoms with Crippen LogP contribution in [-0.4, -0.2) is 23.3 Å². The van der Waals surface area contributed by atoms with E-state index in [0.717, 1.165) is 10.8 Å². The Morgan fingerprint density at radius 2 is 1.71 bits per heavy atom. The number of ketones is 1. The molecule has 0 aliphatic rings. The molecule has 0 spiro atoms. The monoisotopic (exact) mass is 352 g/mol. The maximum Gasteiger partial charge on any atom is 0.346 e. The summed E-state index contributed by atoms with van der Waals surface area (Å²) < 4.78 is 31.2. The van der Waals surface area contributed by atoms with Crippen molar-refractivity contribution in [1.29, 1.82) is 0 Å². The van der Waals surface area contributed by atoms with Crippen LogP contribution in [-0.2, 0) is 24.2 Å². The number of carbonyl (C=O) groups excluding carboxylic acids is 1. The maximum absolute atomic E-state index is 12.3. The first kappa shape index (κ1) is 17.7. The SMILES string of the molecule is CCC(=O)c1ccc(OS(=O)(=O)c2cn(C)c(=O)n(C)c2=O)cc1. The van der Waals surface area contributed by atoms with Crippen molar-refractivity contribution < 1.29 is 17.4 Å². The van der Waals surface area contributed by atoms with Crippen LogP contribution in [0.3, 0.4) is 0 Å². The van der Waals surface area contributed by atoms with E-state index >= 15 is 0 Å². The molecule has 128 valence electrons. The van der Waals surface area contributed by atoms with Gasteiger partial charge in [-0.15, -0.1) is 0 Å². The van der Waals surface area contributed by atoms with Crippen LogP contribution < -0.4 is 15.4 Å². The maximum atomic E-state index is 12.3. The van der Waals surface area contributed by atoms with E-state index in [-0.39, 0.29) is 11.5 Å². The number of Topliss-reactive ketones (excluding diaryl/α,β-unsaturated/α-hetero) is 1. The second-order valence-electron chi connectivity index (χ2n) is 5.09. The molecule has 0 fully saturated rings. The smallest absolute Gasteiger partial charge is 0.346 e. The molecule has 1 heterocycles. The van der Waals surface area contributed by atoms with E-state index in [1.165, 1.54) is 38.4 Å². The Bertz CT molecular complexity index is 1000. The van der Waals surface area contributed by atoms with Gasteiger partial charge in [-0.3, -0.25) is 14.2 Å². The van der Waals surface area contributed by atoms with Crippen molar-refractivity contribution in [2.75, 3.05) is 0 Å². The van der Waals surface area contributed by atoms with Crippen LogP contribution >= 0.6 is 0 Å². The fourth-order valence-electron chi connectivity index (χ4n) is 2.02. The van der Waals surface area contributed by atoms with Crippen molar-refractivity contribution in [2.45, 2.75) is 18.2 Å². The number of hydrogen-bond acceptors (Lipinski definition) is 6. The quantitative estimate of drug-likeness (QED) is 0.571. The second-order valence-corrected chi connectivity index (χ2v) is 6.60. The van der Waals surface area contributed by atoms with Gasteiger partial charge in [0.15, 0.2) is 10.7 Å². The number of benzene rings is 1. The third kappa shape index (κ3) is 3.30. The molecule has 9 heteroatoms. The normalized spacial score (nSPS) is 11.3. The van der Waals surface area contributed by atoms with E-state index in [1.54, 1.807) is 6.92 Å². The fourth-order valence-corrected chi connectivity index (χ4v) is 3.11. The lowest BCUT2D eigenvalue weighted by Gasteiger charge is -2.09. The molecule has 1 aromatic heterocycles. The summed E-state index contributed by atoms with van der Waals surface area (Å²) >= 11 is 0.